The van der Waals surface area contributed by atoms with Crippen LogP contribution in [0.5, 0.6) is 0 Å². The van der Waals surface area contributed by atoms with Crippen molar-refractivity contribution in [1.29, 1.82) is 0 Å². The molecule has 0 saturated carbocycles. The first-order chi connectivity index (χ1) is 4.31. The number of esters is 1. The number of hydrogen-bond donors (Lipinski definition) is 0. The molecule has 0 rings (SSSR count). The highest BCUT2D eigenvalue weighted by molar-refractivity contribution is 5.81. The molecule has 0 aromatic rings. The Morgan fingerprint density at radius 3 is 2.89 bits per heavy atom. The van der Waals surface area contributed by atoms with Gasteiger partial charge in [-0.3, -0.25) is 0 Å². The third kappa shape index (κ3) is 5.07. The molecule has 0 aliphatic rings. The average molecular weight is 127 g/mol. The molecule has 0 aliphatic carbocycles. The monoisotopic (exact) mass is 127 g/mol. The Bertz CT molecular complexity index is 105. The zero-order valence-corrected chi connectivity index (χ0v) is 5.81. The van der Waals surface area contributed by atoms with Gasteiger partial charge < -0.3 is 4.74 Å². The highest BCUT2D eigenvalue weighted by Crippen LogP contribution is 1.82. The van der Waals surface area contributed by atoms with E-state index in [1.165, 1.54) is 6.08 Å². The highest BCUT2D eigenvalue weighted by atomic mass is 16.5. The first-order valence-corrected chi connectivity index (χ1v) is 2.98. The maximum absolute atomic E-state index is 10.5. The lowest BCUT2D eigenvalue weighted by Gasteiger charge is -1.95. The van der Waals surface area contributed by atoms with Crippen molar-refractivity contribution in [3.63, 3.8) is 0 Å². The number of rotatable bonds is 3. The van der Waals surface area contributed by atoms with E-state index in [1.807, 2.05) is 6.92 Å². The lowest BCUT2D eigenvalue weighted by atomic mass is 10.5. The van der Waals surface area contributed by atoms with Crippen molar-refractivity contribution in [3.05, 3.63) is 12.2 Å². The van der Waals surface area contributed by atoms with Crippen LogP contribution in [-0.4, -0.2) is 12.6 Å². The van der Waals surface area contributed by atoms with Gasteiger partial charge in [-0.15, -0.1) is 0 Å². The zero-order chi connectivity index (χ0) is 7.11. The van der Waals surface area contributed by atoms with Gasteiger partial charge in [0.2, 0.25) is 0 Å². The third-order valence-electron chi connectivity index (χ3n) is 0.711. The van der Waals surface area contributed by atoms with Crippen molar-refractivity contribution >= 4 is 5.97 Å². The van der Waals surface area contributed by atoms with Gasteiger partial charge in [-0.1, -0.05) is 6.92 Å². The molecular formula is C7H11O2. The normalized spacial score (nSPS) is 10.0. The Morgan fingerprint density at radius 2 is 2.44 bits per heavy atom. The van der Waals surface area contributed by atoms with Crippen LogP contribution in [-0.2, 0) is 9.53 Å². The van der Waals surface area contributed by atoms with E-state index in [2.05, 4.69) is 10.8 Å². The summed E-state index contributed by atoms with van der Waals surface area (Å²) in [5.74, 6) is -0.306. The maximum atomic E-state index is 10.5. The molecule has 2 nitrogen and oxygen atoms in total. The molecule has 0 heterocycles. The van der Waals surface area contributed by atoms with Crippen LogP contribution in [0.25, 0.3) is 0 Å². The summed E-state index contributed by atoms with van der Waals surface area (Å²) in [7, 11) is 0. The Balaban J connectivity index is 3.27. The van der Waals surface area contributed by atoms with Gasteiger partial charge in [0.05, 0.1) is 6.61 Å². The van der Waals surface area contributed by atoms with E-state index < -0.39 is 0 Å². The summed E-state index contributed by atoms with van der Waals surface area (Å²) in [5.41, 5.74) is 0. The van der Waals surface area contributed by atoms with E-state index in [9.17, 15) is 4.79 Å². The smallest absolute Gasteiger partial charge is 0.331 e. The van der Waals surface area contributed by atoms with E-state index in [1.54, 1.807) is 6.92 Å². The molecule has 2 heteroatoms. The molecule has 0 bridgehead atoms. The van der Waals surface area contributed by atoms with Gasteiger partial charge in [0, 0.05) is 6.08 Å². The van der Waals surface area contributed by atoms with Gasteiger partial charge in [0.1, 0.15) is 0 Å². The van der Waals surface area contributed by atoms with Crippen LogP contribution in [0.1, 0.15) is 20.3 Å². The maximum Gasteiger partial charge on any atom is 0.331 e. The standard InChI is InChI=1S/C7H11O2/c1-3-5-7(8)9-6-4-2/h5H,4,6H2,1-2H3. The van der Waals surface area contributed by atoms with Crippen LogP contribution in [0.3, 0.4) is 0 Å². The van der Waals surface area contributed by atoms with Crippen molar-refractivity contribution < 1.29 is 9.53 Å². The minimum atomic E-state index is -0.306. The Kier molecular flexibility index (Phi) is 4.88. The molecular weight excluding hydrogens is 116 g/mol. The molecule has 0 aromatic heterocycles. The molecule has 0 aromatic carbocycles. The molecule has 0 N–H and O–H groups in total. The summed E-state index contributed by atoms with van der Waals surface area (Å²) < 4.78 is 4.67. The van der Waals surface area contributed by atoms with Crippen molar-refractivity contribution in [2.75, 3.05) is 6.61 Å². The van der Waals surface area contributed by atoms with E-state index in [0.717, 1.165) is 6.42 Å². The van der Waals surface area contributed by atoms with Crippen molar-refractivity contribution in [2.45, 2.75) is 20.3 Å². The molecule has 0 fully saturated rings. The fraction of sp³-hybridized carbons (Fsp3) is 0.571. The largest absolute Gasteiger partial charge is 0.463 e. The van der Waals surface area contributed by atoms with Gasteiger partial charge in [-0.05, 0) is 19.4 Å². The summed E-state index contributed by atoms with van der Waals surface area (Å²) in [6, 6.07) is 0. The second kappa shape index (κ2) is 5.35. The fourth-order valence-electron chi connectivity index (χ4n) is 0.362. The van der Waals surface area contributed by atoms with Crippen molar-refractivity contribution in [2.24, 2.45) is 0 Å². The van der Waals surface area contributed by atoms with Gasteiger partial charge in [-0.25, -0.2) is 4.79 Å². The Labute approximate surface area is 55.5 Å². The topological polar surface area (TPSA) is 26.3 Å². The van der Waals surface area contributed by atoms with Crippen molar-refractivity contribution in [1.82, 2.24) is 0 Å². The second-order valence-corrected chi connectivity index (χ2v) is 1.60. The molecule has 51 valence electrons. The lowest BCUT2D eigenvalue weighted by Crippen LogP contribution is -2.00. The molecule has 0 spiro atoms. The van der Waals surface area contributed by atoms with Crippen LogP contribution in [0.4, 0.5) is 0 Å². The van der Waals surface area contributed by atoms with Crippen LogP contribution < -0.4 is 0 Å². The van der Waals surface area contributed by atoms with Gasteiger partial charge in [0.25, 0.3) is 0 Å². The van der Waals surface area contributed by atoms with Gasteiger partial charge >= 0.3 is 5.97 Å². The zero-order valence-electron chi connectivity index (χ0n) is 5.81. The third-order valence-corrected chi connectivity index (χ3v) is 0.711. The predicted octanol–water partition coefficient (Wildman–Crippen LogP) is 1.32. The van der Waals surface area contributed by atoms with E-state index in [0.29, 0.717) is 6.61 Å². The molecule has 1 radical (unpaired) electrons. The van der Waals surface area contributed by atoms with Crippen molar-refractivity contribution in [3.8, 4) is 0 Å². The summed E-state index contributed by atoms with van der Waals surface area (Å²) >= 11 is 0. The van der Waals surface area contributed by atoms with Crippen LogP contribution in [0, 0.1) is 6.08 Å². The average Bonchev–Trinajstić information content (AvgIpc) is 1.85. The van der Waals surface area contributed by atoms with E-state index in [4.69, 9.17) is 0 Å². The molecule has 0 atom stereocenters. The predicted molar refractivity (Wildman–Crippen MR) is 34.7 cm³/mol. The van der Waals surface area contributed by atoms with Gasteiger partial charge in [0.15, 0.2) is 0 Å². The molecule has 0 aliphatic heterocycles. The fourth-order valence-corrected chi connectivity index (χ4v) is 0.362. The van der Waals surface area contributed by atoms with Crippen LogP contribution >= 0.6 is 0 Å². The summed E-state index contributed by atoms with van der Waals surface area (Å²) in [6.45, 7) is 4.11. The Morgan fingerprint density at radius 1 is 1.78 bits per heavy atom. The number of carbonyl (C=O) groups excluding carboxylic acids is 1. The molecule has 0 unspecified atom stereocenters. The van der Waals surface area contributed by atoms with E-state index >= 15 is 0 Å². The summed E-state index contributed by atoms with van der Waals surface area (Å²) in [4.78, 5) is 10.5. The lowest BCUT2D eigenvalue weighted by molar-refractivity contribution is -0.137. The number of hydrogen-bond acceptors (Lipinski definition) is 2. The number of carbonyl (C=O) groups is 1. The first-order valence-electron chi connectivity index (χ1n) is 2.98. The molecule has 0 saturated heterocycles. The quantitative estimate of drug-likeness (QED) is 0.422. The first kappa shape index (κ1) is 8.21. The second-order valence-electron chi connectivity index (χ2n) is 1.60. The minimum Gasteiger partial charge on any atom is -0.463 e. The van der Waals surface area contributed by atoms with Crippen LogP contribution in [0.2, 0.25) is 0 Å². The number of allylic oxidation sites excluding steroid dienone is 1. The summed E-state index contributed by atoms with van der Waals surface area (Å²) in [5, 5.41) is 0. The van der Waals surface area contributed by atoms with E-state index in [-0.39, 0.29) is 5.97 Å². The minimum absolute atomic E-state index is 0.306. The van der Waals surface area contributed by atoms with Gasteiger partial charge in [-0.2, -0.15) is 0 Å². The molecule has 9 heavy (non-hydrogen) atoms. The SMILES string of the molecule is C[C]=CC(=O)OCCC. The Hall–Kier alpha value is -0.790. The number of ether oxygens (including phenoxy) is 1. The van der Waals surface area contributed by atoms with Crippen LogP contribution in [0.15, 0.2) is 6.08 Å². The highest BCUT2D eigenvalue weighted by Gasteiger charge is 1.91. The molecule has 0 amide bonds. The summed E-state index contributed by atoms with van der Waals surface area (Å²) in [6.07, 6.45) is 4.73.